The molecule has 53 heavy (non-hydrogen) atoms. The smallest absolute Gasteiger partial charge is 0.329 e. The van der Waals surface area contributed by atoms with Gasteiger partial charge in [-0.2, -0.15) is 0 Å². The van der Waals surface area contributed by atoms with Gasteiger partial charge in [-0.3, -0.25) is 9.59 Å². The second-order valence-electron chi connectivity index (χ2n) is 15.7. The highest BCUT2D eigenvalue weighted by Crippen LogP contribution is 2.42. The molecule has 0 spiro atoms. The van der Waals surface area contributed by atoms with E-state index in [9.17, 15) is 14.4 Å². The Balaban J connectivity index is 1.13. The molecule has 7 heteroatoms. The van der Waals surface area contributed by atoms with Gasteiger partial charge in [-0.25, -0.2) is 4.79 Å². The molecule has 0 radical (unpaired) electrons. The van der Waals surface area contributed by atoms with Crippen LogP contribution in [-0.2, 0) is 30.5 Å². The van der Waals surface area contributed by atoms with Gasteiger partial charge in [-0.15, -0.1) is 0 Å². The van der Waals surface area contributed by atoms with Crippen LogP contribution in [-0.4, -0.2) is 54.0 Å². The summed E-state index contributed by atoms with van der Waals surface area (Å²) in [4.78, 5) is 42.4. The van der Waals surface area contributed by atoms with Gasteiger partial charge in [0.1, 0.15) is 12.6 Å². The van der Waals surface area contributed by atoms with Gasteiger partial charge in [0.2, 0.25) is 5.91 Å². The Bertz CT molecular complexity index is 1300. The Kier molecular flexibility index (Phi) is 20.1. The molecule has 5 atom stereocenters. The largest absolute Gasteiger partial charge is 0.465 e. The molecule has 1 unspecified atom stereocenters. The summed E-state index contributed by atoms with van der Waals surface area (Å²) in [6.07, 6.45) is 25.2. The number of rotatable bonds is 27. The van der Waals surface area contributed by atoms with E-state index in [1.165, 1.54) is 89.9 Å². The maximum atomic E-state index is 13.9. The van der Waals surface area contributed by atoms with Crippen molar-refractivity contribution in [3.63, 3.8) is 0 Å². The lowest BCUT2D eigenvalue weighted by Crippen LogP contribution is -2.52. The van der Waals surface area contributed by atoms with Crippen molar-refractivity contribution in [2.45, 2.75) is 179 Å². The third kappa shape index (κ3) is 14.9. The van der Waals surface area contributed by atoms with Crippen LogP contribution in [0.3, 0.4) is 0 Å². The molecule has 2 fully saturated rings. The van der Waals surface area contributed by atoms with Gasteiger partial charge in [0, 0.05) is 6.04 Å². The summed E-state index contributed by atoms with van der Waals surface area (Å²) in [5.41, 5.74) is 1.86. The zero-order chi connectivity index (χ0) is 37.5. The lowest BCUT2D eigenvalue weighted by molar-refractivity contribution is -0.156. The predicted molar refractivity (Wildman–Crippen MR) is 214 cm³/mol. The molecule has 294 valence electrons. The van der Waals surface area contributed by atoms with Crippen molar-refractivity contribution in [1.82, 2.24) is 10.2 Å². The molecule has 2 aromatic rings. The molecule has 1 saturated carbocycles. The Hall–Kier alpha value is -3.19. The number of amides is 1. The molecule has 1 aliphatic heterocycles. The lowest BCUT2D eigenvalue weighted by Gasteiger charge is -2.31. The van der Waals surface area contributed by atoms with E-state index in [0.29, 0.717) is 31.9 Å². The number of benzene rings is 2. The van der Waals surface area contributed by atoms with Crippen LogP contribution < -0.4 is 5.32 Å². The number of carbonyl (C=O) groups excluding carboxylic acids is 3. The number of hydrogen-bond donors (Lipinski definition) is 1. The first kappa shape index (κ1) is 42.6. The molecule has 2 aromatic carbocycles. The van der Waals surface area contributed by atoms with Crippen LogP contribution in [0.2, 0.25) is 0 Å². The maximum absolute atomic E-state index is 13.9. The molecule has 1 amide bonds. The van der Waals surface area contributed by atoms with E-state index in [4.69, 9.17) is 9.47 Å². The van der Waals surface area contributed by atoms with Crippen molar-refractivity contribution in [3.8, 4) is 0 Å². The van der Waals surface area contributed by atoms with E-state index in [0.717, 1.165) is 43.2 Å². The average Bonchev–Trinajstić information content (AvgIpc) is 3.79. The number of ether oxygens (including phenoxy) is 2. The van der Waals surface area contributed by atoms with Crippen LogP contribution in [0.4, 0.5) is 0 Å². The molecule has 0 aromatic heterocycles. The van der Waals surface area contributed by atoms with Crippen molar-refractivity contribution >= 4 is 17.8 Å². The van der Waals surface area contributed by atoms with Crippen LogP contribution in [0, 0.1) is 5.92 Å². The summed E-state index contributed by atoms with van der Waals surface area (Å²) in [5.74, 6) is -0.651. The summed E-state index contributed by atoms with van der Waals surface area (Å²) in [5, 5.41) is 3.39. The SMILES string of the molecule is CCCCCCCCCCCCCCCCCCOC(=O)C(CCN[C@@H](C)C(=O)N1[C@H](C(=O)OCc2ccccc2)C[C@@H]2CCC[C@@H]21)c1ccccc1. The monoisotopic (exact) mass is 731 g/mol. The van der Waals surface area contributed by atoms with Gasteiger partial charge < -0.3 is 19.7 Å². The minimum absolute atomic E-state index is 0.0663. The average molecular weight is 731 g/mol. The third-order valence-corrected chi connectivity index (χ3v) is 11.6. The first-order valence-electron chi connectivity index (χ1n) is 21.5. The van der Waals surface area contributed by atoms with E-state index < -0.39 is 18.0 Å². The van der Waals surface area contributed by atoms with E-state index in [-0.39, 0.29) is 30.5 Å². The van der Waals surface area contributed by atoms with Crippen molar-refractivity contribution < 1.29 is 23.9 Å². The highest BCUT2D eigenvalue weighted by molar-refractivity contribution is 5.88. The van der Waals surface area contributed by atoms with Crippen molar-refractivity contribution in [2.75, 3.05) is 13.2 Å². The second kappa shape index (κ2) is 25.0. The molecular formula is C46H70N2O5. The summed E-state index contributed by atoms with van der Waals surface area (Å²) in [6.45, 7) is 5.27. The van der Waals surface area contributed by atoms with Gasteiger partial charge in [0.05, 0.1) is 18.6 Å². The zero-order valence-electron chi connectivity index (χ0n) is 33.1. The Morgan fingerprint density at radius 3 is 1.91 bits per heavy atom. The number of nitrogens with zero attached hydrogens (tertiary/aromatic N) is 1. The van der Waals surface area contributed by atoms with Crippen molar-refractivity contribution in [3.05, 3.63) is 71.8 Å². The molecule has 1 N–H and O–H groups in total. The Morgan fingerprint density at radius 2 is 1.30 bits per heavy atom. The number of carbonyl (C=O) groups is 3. The summed E-state index contributed by atoms with van der Waals surface area (Å²) < 4.78 is 11.5. The lowest BCUT2D eigenvalue weighted by atomic mass is 9.95. The maximum Gasteiger partial charge on any atom is 0.329 e. The van der Waals surface area contributed by atoms with E-state index in [2.05, 4.69) is 12.2 Å². The molecule has 1 saturated heterocycles. The number of esters is 2. The van der Waals surface area contributed by atoms with Crippen molar-refractivity contribution in [2.24, 2.45) is 5.92 Å². The number of hydrogen-bond acceptors (Lipinski definition) is 6. The van der Waals surface area contributed by atoms with E-state index >= 15 is 0 Å². The number of fused-ring (bicyclic) bond motifs is 1. The molecular weight excluding hydrogens is 661 g/mol. The van der Waals surface area contributed by atoms with Gasteiger partial charge in [0.15, 0.2) is 0 Å². The van der Waals surface area contributed by atoms with Crippen LogP contribution in [0.15, 0.2) is 60.7 Å². The van der Waals surface area contributed by atoms with Crippen LogP contribution >= 0.6 is 0 Å². The minimum Gasteiger partial charge on any atom is -0.465 e. The fourth-order valence-corrected chi connectivity index (χ4v) is 8.43. The quantitative estimate of drug-likeness (QED) is 0.0728. The highest BCUT2D eigenvalue weighted by atomic mass is 16.5. The number of nitrogens with one attached hydrogen (secondary N) is 1. The van der Waals surface area contributed by atoms with Crippen molar-refractivity contribution in [1.29, 1.82) is 0 Å². The first-order valence-corrected chi connectivity index (χ1v) is 21.5. The number of unbranched alkanes of at least 4 members (excludes halogenated alkanes) is 15. The Labute approximate surface area is 321 Å². The summed E-state index contributed by atoms with van der Waals surface area (Å²) in [7, 11) is 0. The predicted octanol–water partition coefficient (Wildman–Crippen LogP) is 10.5. The van der Waals surface area contributed by atoms with Crippen LogP contribution in [0.1, 0.15) is 166 Å². The summed E-state index contributed by atoms with van der Waals surface area (Å²) >= 11 is 0. The highest BCUT2D eigenvalue weighted by Gasteiger charge is 2.50. The zero-order valence-corrected chi connectivity index (χ0v) is 33.1. The topological polar surface area (TPSA) is 84.9 Å². The summed E-state index contributed by atoms with van der Waals surface area (Å²) in [6, 6.07) is 18.5. The molecule has 1 aliphatic carbocycles. The van der Waals surface area contributed by atoms with E-state index in [1.54, 1.807) is 0 Å². The standard InChI is InChI=1S/C46H70N2O5/c1-3-4-5-6-7-8-9-10-11-12-13-14-15-16-17-24-34-52-45(50)41(39-28-22-19-23-29-39)32-33-47-37(2)44(49)48-42-31-25-30-40(42)35-43(48)46(51)53-36-38-26-20-18-21-27-38/h18-23,26-29,37,40-43,47H,3-17,24-25,30-36H2,1-2H3/t37-,40-,41?,42-,43-/m0/s1. The third-order valence-electron chi connectivity index (χ3n) is 11.6. The molecule has 7 nitrogen and oxygen atoms in total. The van der Waals surface area contributed by atoms with Gasteiger partial charge in [-0.1, -0.05) is 170 Å². The normalized spacial score (nSPS) is 19.1. The minimum atomic E-state index is -0.553. The molecule has 2 aliphatic rings. The first-order chi connectivity index (χ1) is 26.0. The molecule has 4 rings (SSSR count). The fourth-order valence-electron chi connectivity index (χ4n) is 8.43. The van der Waals surface area contributed by atoms with Crippen LogP contribution in [0.25, 0.3) is 0 Å². The molecule has 1 heterocycles. The second-order valence-corrected chi connectivity index (χ2v) is 15.7. The van der Waals surface area contributed by atoms with Gasteiger partial charge in [0.25, 0.3) is 0 Å². The van der Waals surface area contributed by atoms with Gasteiger partial charge in [-0.05, 0) is 62.6 Å². The fraction of sp³-hybridized carbons (Fsp3) is 0.674. The van der Waals surface area contributed by atoms with E-state index in [1.807, 2.05) is 72.5 Å². The van der Waals surface area contributed by atoms with Gasteiger partial charge >= 0.3 is 11.9 Å². The Morgan fingerprint density at radius 1 is 0.736 bits per heavy atom. The molecule has 0 bridgehead atoms. The van der Waals surface area contributed by atoms with Crippen LogP contribution in [0.5, 0.6) is 0 Å². The number of likely N-dealkylation sites (tertiary alicyclic amines) is 1.